The van der Waals surface area contributed by atoms with Crippen LogP contribution in [0.2, 0.25) is 5.02 Å². The number of aryl methyl sites for hydroxylation is 1. The van der Waals surface area contributed by atoms with Crippen LogP contribution in [0.5, 0.6) is 0 Å². The first-order valence-corrected chi connectivity index (χ1v) is 9.58. The molecule has 0 fully saturated rings. The smallest absolute Gasteiger partial charge is 0.274 e. The lowest BCUT2D eigenvalue weighted by molar-refractivity contribution is 0.0706. The van der Waals surface area contributed by atoms with Gasteiger partial charge in [-0.05, 0) is 30.7 Å². The number of carbonyl (C=O) groups is 1. The van der Waals surface area contributed by atoms with Crippen molar-refractivity contribution in [3.8, 4) is 0 Å². The average molecular weight is 405 g/mol. The quantitative estimate of drug-likeness (QED) is 0.271. The number of rotatable bonds is 8. The van der Waals surface area contributed by atoms with Gasteiger partial charge in [0, 0.05) is 23.9 Å². The number of hydrogen-bond donors (Lipinski definition) is 3. The highest BCUT2D eigenvalue weighted by Gasteiger charge is 2.14. The third-order valence-corrected chi connectivity index (χ3v) is 4.80. The summed E-state index contributed by atoms with van der Waals surface area (Å²) in [5.41, 5.74) is 3.78. The lowest BCUT2D eigenvalue weighted by atomic mass is 10.2. The first kappa shape index (κ1) is 20.1. The van der Waals surface area contributed by atoms with Gasteiger partial charge in [0.2, 0.25) is 5.95 Å². The second-order valence-electron chi connectivity index (χ2n) is 6.55. The molecule has 1 heterocycles. The third-order valence-electron chi connectivity index (χ3n) is 4.51. The number of anilines is 2. The molecule has 2 aromatic carbocycles. The Hall–Kier alpha value is -2.64. The van der Waals surface area contributed by atoms with E-state index in [-0.39, 0.29) is 5.02 Å². The number of amides is 1. The summed E-state index contributed by atoms with van der Waals surface area (Å²) >= 11 is 5.91. The van der Waals surface area contributed by atoms with E-state index < -0.39 is 11.7 Å². The molecule has 3 rings (SSSR count). The lowest BCUT2D eigenvalue weighted by Crippen LogP contribution is -2.18. The van der Waals surface area contributed by atoms with Gasteiger partial charge >= 0.3 is 0 Å². The highest BCUT2D eigenvalue weighted by molar-refractivity contribution is 6.31. The van der Waals surface area contributed by atoms with Crippen LogP contribution in [0.3, 0.4) is 0 Å². The van der Waals surface area contributed by atoms with E-state index in [2.05, 4.69) is 17.2 Å². The second kappa shape index (κ2) is 9.03. The average Bonchev–Trinajstić information content (AvgIpc) is 3.01. The van der Waals surface area contributed by atoms with E-state index in [1.165, 1.54) is 12.1 Å². The molecule has 3 N–H and O–H groups in total. The zero-order chi connectivity index (χ0) is 20.1. The van der Waals surface area contributed by atoms with Crippen LogP contribution in [-0.2, 0) is 6.54 Å². The summed E-state index contributed by atoms with van der Waals surface area (Å²) in [6.45, 7) is 2.82. The molecule has 0 saturated heterocycles. The molecule has 1 amide bonds. The van der Waals surface area contributed by atoms with Crippen molar-refractivity contribution < 1.29 is 14.4 Å². The van der Waals surface area contributed by atoms with E-state index in [1.54, 1.807) is 29.7 Å². The molecule has 1 aromatic heterocycles. The number of nitrogens with one attached hydrogen (secondary N) is 2. The Labute approximate surface area is 167 Å². The Bertz CT molecular complexity index is 990. The van der Waals surface area contributed by atoms with Gasteiger partial charge in [-0.15, -0.1) is 0 Å². The molecular weight excluding hydrogens is 383 g/mol. The largest absolute Gasteiger partial charge is 0.326 e. The van der Waals surface area contributed by atoms with E-state index in [0.717, 1.165) is 25.7 Å². The Morgan fingerprint density at radius 2 is 2.07 bits per heavy atom. The number of halogens is 2. The van der Waals surface area contributed by atoms with Crippen molar-refractivity contribution in [2.75, 3.05) is 5.32 Å². The molecule has 0 aliphatic heterocycles. The van der Waals surface area contributed by atoms with Crippen LogP contribution in [0.1, 0.15) is 43.0 Å². The molecule has 0 aliphatic rings. The summed E-state index contributed by atoms with van der Waals surface area (Å²) in [5, 5.41) is 12.0. The fourth-order valence-corrected chi connectivity index (χ4v) is 3.23. The molecule has 3 aromatic rings. The van der Waals surface area contributed by atoms with Crippen LogP contribution in [0.15, 0.2) is 36.4 Å². The molecule has 0 unspecified atom stereocenters. The Kier molecular flexibility index (Phi) is 6.49. The fraction of sp³-hybridized carbons (Fsp3) is 0.300. The molecule has 148 valence electrons. The van der Waals surface area contributed by atoms with Gasteiger partial charge in [-0.1, -0.05) is 43.9 Å². The second-order valence-corrected chi connectivity index (χ2v) is 6.96. The van der Waals surface area contributed by atoms with Gasteiger partial charge in [0.25, 0.3) is 5.91 Å². The lowest BCUT2D eigenvalue weighted by Gasteiger charge is -2.11. The molecule has 6 nitrogen and oxygen atoms in total. The zero-order valence-electron chi connectivity index (χ0n) is 15.5. The van der Waals surface area contributed by atoms with E-state index in [0.29, 0.717) is 34.8 Å². The Balaban J connectivity index is 1.95. The summed E-state index contributed by atoms with van der Waals surface area (Å²) in [6.07, 6.45) is 4.26. The topological polar surface area (TPSA) is 79.2 Å². The van der Waals surface area contributed by atoms with Crippen LogP contribution in [0.25, 0.3) is 11.0 Å². The molecule has 0 saturated carbocycles. The first-order valence-electron chi connectivity index (χ1n) is 9.20. The van der Waals surface area contributed by atoms with E-state index in [1.807, 2.05) is 4.57 Å². The standard InChI is InChI=1S/C20H22ClFN4O2/c1-2-3-4-5-9-26-18-12-16(22)15(21)11-17(18)24-20(26)23-14-8-6-7-13(10-14)19(27)25-28/h6-8,10-12,28H,2-5,9H2,1H3,(H,23,24)(H,25,27). The summed E-state index contributed by atoms with van der Waals surface area (Å²) in [7, 11) is 0. The van der Waals surface area contributed by atoms with Crippen LogP contribution in [0.4, 0.5) is 16.0 Å². The Morgan fingerprint density at radius 1 is 1.25 bits per heavy atom. The molecule has 0 aliphatic carbocycles. The number of carbonyl (C=O) groups excluding carboxylic acids is 1. The van der Waals surface area contributed by atoms with E-state index in [4.69, 9.17) is 16.8 Å². The van der Waals surface area contributed by atoms with Gasteiger partial charge in [-0.2, -0.15) is 0 Å². The van der Waals surface area contributed by atoms with Gasteiger partial charge in [-0.3, -0.25) is 10.0 Å². The van der Waals surface area contributed by atoms with Crippen molar-refractivity contribution >= 4 is 40.2 Å². The van der Waals surface area contributed by atoms with Crippen LogP contribution < -0.4 is 10.8 Å². The summed E-state index contributed by atoms with van der Waals surface area (Å²) < 4.78 is 15.9. The number of hydroxylamine groups is 1. The number of benzene rings is 2. The number of nitrogens with zero attached hydrogens (tertiary/aromatic N) is 2. The number of unbranched alkanes of at least 4 members (excludes halogenated alkanes) is 3. The minimum atomic E-state index is -0.606. The van der Waals surface area contributed by atoms with Gasteiger partial charge in [0.1, 0.15) is 5.82 Å². The van der Waals surface area contributed by atoms with Gasteiger partial charge in [0.15, 0.2) is 0 Å². The monoisotopic (exact) mass is 404 g/mol. The molecule has 8 heteroatoms. The number of hydrogen-bond acceptors (Lipinski definition) is 4. The van der Waals surface area contributed by atoms with Crippen molar-refractivity contribution in [1.29, 1.82) is 0 Å². The molecule has 0 spiro atoms. The minimum absolute atomic E-state index is 0.0243. The fourth-order valence-electron chi connectivity index (χ4n) is 3.07. The van der Waals surface area contributed by atoms with Crippen molar-refractivity contribution in [2.24, 2.45) is 0 Å². The zero-order valence-corrected chi connectivity index (χ0v) is 16.3. The van der Waals surface area contributed by atoms with Crippen molar-refractivity contribution in [2.45, 2.75) is 39.2 Å². The molecular formula is C20H22ClFN4O2. The normalized spacial score (nSPS) is 11.0. The highest BCUT2D eigenvalue weighted by atomic mass is 35.5. The maximum absolute atomic E-state index is 14.0. The molecule has 0 atom stereocenters. The number of imidazole rings is 1. The number of aromatic nitrogens is 2. The molecule has 0 bridgehead atoms. The van der Waals surface area contributed by atoms with E-state index >= 15 is 0 Å². The van der Waals surface area contributed by atoms with Crippen LogP contribution in [-0.4, -0.2) is 20.7 Å². The SMILES string of the molecule is CCCCCCn1c(Nc2cccc(C(=O)NO)c2)nc2cc(Cl)c(F)cc21. The van der Waals surface area contributed by atoms with Gasteiger partial charge in [0.05, 0.1) is 16.1 Å². The van der Waals surface area contributed by atoms with Crippen molar-refractivity contribution in [1.82, 2.24) is 15.0 Å². The third kappa shape index (κ3) is 4.43. The van der Waals surface area contributed by atoms with Crippen molar-refractivity contribution in [3.05, 3.63) is 52.8 Å². The molecule has 0 radical (unpaired) electrons. The summed E-state index contributed by atoms with van der Waals surface area (Å²) in [5.74, 6) is -0.558. The molecule has 28 heavy (non-hydrogen) atoms. The summed E-state index contributed by atoms with van der Waals surface area (Å²) in [6, 6.07) is 9.56. The van der Waals surface area contributed by atoms with Crippen molar-refractivity contribution in [3.63, 3.8) is 0 Å². The van der Waals surface area contributed by atoms with Gasteiger partial charge < -0.3 is 9.88 Å². The maximum Gasteiger partial charge on any atom is 0.274 e. The van der Waals surface area contributed by atoms with Crippen LogP contribution >= 0.6 is 11.6 Å². The predicted octanol–water partition coefficient (Wildman–Crippen LogP) is 5.27. The Morgan fingerprint density at radius 3 is 2.82 bits per heavy atom. The van der Waals surface area contributed by atoms with Gasteiger partial charge in [-0.25, -0.2) is 14.9 Å². The first-order chi connectivity index (χ1) is 13.5. The van der Waals surface area contributed by atoms with Crippen LogP contribution in [0, 0.1) is 5.82 Å². The predicted molar refractivity (Wildman–Crippen MR) is 108 cm³/mol. The highest BCUT2D eigenvalue weighted by Crippen LogP contribution is 2.28. The maximum atomic E-state index is 14.0. The van der Waals surface area contributed by atoms with E-state index in [9.17, 15) is 9.18 Å². The minimum Gasteiger partial charge on any atom is -0.326 e. The summed E-state index contributed by atoms with van der Waals surface area (Å²) in [4.78, 5) is 16.2. The number of fused-ring (bicyclic) bond motifs is 1.